The molecule has 0 aromatic heterocycles. The second-order valence-electron chi connectivity index (χ2n) is 8.07. The Hall–Kier alpha value is -1.40. The number of rotatable bonds is 6. The van der Waals surface area contributed by atoms with Crippen molar-refractivity contribution < 1.29 is 4.79 Å². The van der Waals surface area contributed by atoms with E-state index in [0.717, 1.165) is 24.2 Å². The summed E-state index contributed by atoms with van der Waals surface area (Å²) >= 11 is 2.49. The molecule has 0 N–H and O–H groups in total. The third-order valence-electron chi connectivity index (χ3n) is 6.18. The fourth-order valence-corrected chi connectivity index (χ4v) is 5.72. The molecule has 148 valence electrons. The topological polar surface area (TPSA) is 23.6 Å². The van der Waals surface area contributed by atoms with Crippen LogP contribution in [0.1, 0.15) is 60.5 Å². The van der Waals surface area contributed by atoms with Gasteiger partial charge in [0.1, 0.15) is 0 Å². The van der Waals surface area contributed by atoms with Crippen molar-refractivity contribution in [3.8, 4) is 0 Å². The Labute approximate surface area is 182 Å². The van der Waals surface area contributed by atoms with Gasteiger partial charge in [0.2, 0.25) is 0 Å². The van der Waals surface area contributed by atoms with Crippen molar-refractivity contribution in [3.05, 3.63) is 62.7 Å². The lowest BCUT2D eigenvalue weighted by molar-refractivity contribution is 0.0986. The van der Waals surface area contributed by atoms with Gasteiger partial charge in [-0.25, -0.2) is 0 Å². The molecule has 28 heavy (non-hydrogen) atoms. The number of anilines is 1. The quantitative estimate of drug-likeness (QED) is 0.504. The highest BCUT2D eigenvalue weighted by atomic mass is 127. The number of benzene rings is 2. The summed E-state index contributed by atoms with van der Waals surface area (Å²) in [6.45, 7) is 7.71. The third-order valence-corrected chi connectivity index (χ3v) is 7.19. The molecule has 2 aromatic rings. The first-order valence-electron chi connectivity index (χ1n) is 10.6. The van der Waals surface area contributed by atoms with Crippen LogP contribution < -0.4 is 4.90 Å². The van der Waals surface area contributed by atoms with Crippen LogP contribution in [0, 0.1) is 3.57 Å². The lowest BCUT2D eigenvalue weighted by Gasteiger charge is -2.37. The standard InChI is InChI=1S/C24H29IN2O/c1-3-12-26(13-4-2)19-14-18-16-27(24(28)17-8-6-5-7-9-17)22-11-10-21(25)20(15-19)23(18)22/h5-11,18-19H,3-4,12-16H2,1-2H3/t18-,19-/m0/s1. The Kier molecular flexibility index (Phi) is 6.07. The Balaban J connectivity index is 1.67. The molecule has 0 radical (unpaired) electrons. The monoisotopic (exact) mass is 488 g/mol. The van der Waals surface area contributed by atoms with Crippen LogP contribution in [0.2, 0.25) is 0 Å². The van der Waals surface area contributed by atoms with Gasteiger partial charge in [0.05, 0.1) is 0 Å². The maximum Gasteiger partial charge on any atom is 0.258 e. The minimum absolute atomic E-state index is 0.133. The summed E-state index contributed by atoms with van der Waals surface area (Å²) in [6, 6.07) is 14.7. The van der Waals surface area contributed by atoms with E-state index < -0.39 is 0 Å². The molecule has 0 spiro atoms. The Morgan fingerprint density at radius 1 is 1.11 bits per heavy atom. The number of hydrogen-bond acceptors (Lipinski definition) is 2. The third kappa shape index (κ3) is 3.61. The molecular weight excluding hydrogens is 459 g/mol. The van der Waals surface area contributed by atoms with Crippen LogP contribution >= 0.6 is 22.6 Å². The number of halogens is 1. The molecule has 4 rings (SSSR count). The molecule has 2 aromatic carbocycles. The highest BCUT2D eigenvalue weighted by molar-refractivity contribution is 14.1. The molecule has 3 nitrogen and oxygen atoms in total. The van der Waals surface area contributed by atoms with E-state index in [4.69, 9.17) is 0 Å². The lowest BCUT2D eigenvalue weighted by Crippen LogP contribution is -2.42. The lowest BCUT2D eigenvalue weighted by atomic mass is 9.80. The number of carbonyl (C=O) groups is 1. The van der Waals surface area contributed by atoms with Gasteiger partial charge in [-0.15, -0.1) is 0 Å². The second kappa shape index (κ2) is 8.54. The first-order valence-corrected chi connectivity index (χ1v) is 11.6. The first-order chi connectivity index (χ1) is 13.6. The zero-order valence-corrected chi connectivity index (χ0v) is 19.0. The Morgan fingerprint density at radius 2 is 1.82 bits per heavy atom. The summed E-state index contributed by atoms with van der Waals surface area (Å²) in [5.41, 5.74) is 4.86. The SMILES string of the molecule is CCCN(CCC)[C@@H]1Cc2c(I)ccc3c2[C@@H](C1)CN3C(=O)c1ccccc1. The van der Waals surface area contributed by atoms with Gasteiger partial charge < -0.3 is 9.80 Å². The van der Waals surface area contributed by atoms with Gasteiger partial charge in [-0.3, -0.25) is 4.79 Å². The van der Waals surface area contributed by atoms with Gasteiger partial charge in [0, 0.05) is 33.3 Å². The summed E-state index contributed by atoms with van der Waals surface area (Å²) in [6.07, 6.45) is 4.68. The van der Waals surface area contributed by atoms with Gasteiger partial charge in [0.15, 0.2) is 0 Å². The van der Waals surface area contributed by atoms with E-state index in [1.807, 2.05) is 35.2 Å². The van der Waals surface area contributed by atoms with Crippen molar-refractivity contribution in [1.82, 2.24) is 4.90 Å². The van der Waals surface area contributed by atoms with E-state index in [2.05, 4.69) is 53.5 Å². The molecule has 0 unspecified atom stereocenters. The van der Waals surface area contributed by atoms with E-state index >= 15 is 0 Å². The van der Waals surface area contributed by atoms with Crippen molar-refractivity contribution in [2.45, 2.75) is 51.5 Å². The minimum Gasteiger partial charge on any atom is -0.307 e. The molecule has 0 saturated heterocycles. The largest absolute Gasteiger partial charge is 0.307 e. The number of amides is 1. The summed E-state index contributed by atoms with van der Waals surface area (Å²) in [4.78, 5) is 17.9. The maximum absolute atomic E-state index is 13.2. The summed E-state index contributed by atoms with van der Waals surface area (Å²) in [5.74, 6) is 0.594. The van der Waals surface area contributed by atoms with Crippen molar-refractivity contribution >= 4 is 34.2 Å². The fourth-order valence-electron chi connectivity index (χ4n) is 5.03. The maximum atomic E-state index is 13.2. The van der Waals surface area contributed by atoms with Crippen molar-refractivity contribution in [1.29, 1.82) is 0 Å². The molecule has 1 aliphatic carbocycles. The summed E-state index contributed by atoms with van der Waals surface area (Å²) in [5, 5.41) is 0. The molecule has 4 heteroatoms. The van der Waals surface area contributed by atoms with Gasteiger partial charge in [-0.2, -0.15) is 0 Å². The van der Waals surface area contributed by atoms with Gasteiger partial charge in [-0.1, -0.05) is 32.0 Å². The second-order valence-corrected chi connectivity index (χ2v) is 9.23. The Bertz CT molecular complexity index is 845. The molecule has 1 heterocycles. The van der Waals surface area contributed by atoms with Crippen LogP contribution in [0.3, 0.4) is 0 Å². The molecule has 1 aliphatic heterocycles. The average Bonchev–Trinajstić information content (AvgIpc) is 3.09. The molecule has 0 fully saturated rings. The zero-order chi connectivity index (χ0) is 19.7. The van der Waals surface area contributed by atoms with Gasteiger partial charge in [-0.05, 0) is 96.8 Å². The van der Waals surface area contributed by atoms with Crippen molar-refractivity contribution in [2.24, 2.45) is 0 Å². The molecule has 0 bridgehead atoms. The minimum atomic E-state index is 0.133. The van der Waals surface area contributed by atoms with E-state index in [9.17, 15) is 4.79 Å². The highest BCUT2D eigenvalue weighted by Crippen LogP contribution is 2.47. The van der Waals surface area contributed by atoms with Crippen LogP contribution in [0.25, 0.3) is 0 Å². The van der Waals surface area contributed by atoms with Crippen LogP contribution in [0.4, 0.5) is 5.69 Å². The average molecular weight is 488 g/mol. The number of nitrogens with zero attached hydrogens (tertiary/aromatic N) is 2. The van der Waals surface area contributed by atoms with Crippen LogP contribution in [0.15, 0.2) is 42.5 Å². The van der Waals surface area contributed by atoms with E-state index in [0.29, 0.717) is 12.0 Å². The molecule has 1 amide bonds. The number of carbonyl (C=O) groups excluding carboxylic acids is 1. The van der Waals surface area contributed by atoms with Crippen LogP contribution in [0.5, 0.6) is 0 Å². The highest BCUT2D eigenvalue weighted by Gasteiger charge is 2.40. The molecular formula is C24H29IN2O. The van der Waals surface area contributed by atoms with E-state index in [-0.39, 0.29) is 5.91 Å². The first kappa shape index (κ1) is 19.9. The zero-order valence-electron chi connectivity index (χ0n) is 16.8. The molecule has 2 atom stereocenters. The van der Waals surface area contributed by atoms with Gasteiger partial charge in [0.25, 0.3) is 5.91 Å². The fraction of sp³-hybridized carbons (Fsp3) is 0.458. The van der Waals surface area contributed by atoms with Gasteiger partial charge >= 0.3 is 0 Å². The van der Waals surface area contributed by atoms with Crippen LogP contribution in [-0.4, -0.2) is 36.5 Å². The normalized spacial score (nSPS) is 20.5. The predicted molar refractivity (Wildman–Crippen MR) is 124 cm³/mol. The van der Waals surface area contributed by atoms with Crippen LogP contribution in [-0.2, 0) is 6.42 Å². The predicted octanol–water partition coefficient (Wildman–Crippen LogP) is 5.47. The summed E-state index contributed by atoms with van der Waals surface area (Å²) in [7, 11) is 0. The Morgan fingerprint density at radius 3 is 2.50 bits per heavy atom. The smallest absolute Gasteiger partial charge is 0.258 e. The molecule has 2 aliphatic rings. The summed E-state index contributed by atoms with van der Waals surface area (Å²) < 4.78 is 1.35. The van der Waals surface area contributed by atoms with Crippen molar-refractivity contribution in [2.75, 3.05) is 24.5 Å². The number of hydrogen-bond donors (Lipinski definition) is 0. The molecule has 0 saturated carbocycles. The van der Waals surface area contributed by atoms with E-state index in [1.54, 1.807) is 0 Å². The van der Waals surface area contributed by atoms with Crippen molar-refractivity contribution in [3.63, 3.8) is 0 Å². The van der Waals surface area contributed by atoms with E-state index in [1.165, 1.54) is 47.0 Å².